The fourth-order valence-corrected chi connectivity index (χ4v) is 3.72. The molecule has 0 bridgehead atoms. The van der Waals surface area contributed by atoms with Gasteiger partial charge >= 0.3 is 0 Å². The topological polar surface area (TPSA) is 85.1 Å². The molecule has 0 aliphatic rings. The van der Waals surface area contributed by atoms with Crippen molar-refractivity contribution in [3.63, 3.8) is 0 Å². The lowest BCUT2D eigenvalue weighted by molar-refractivity contribution is 0.573. The Bertz CT molecular complexity index is 730. The van der Waals surface area contributed by atoms with Gasteiger partial charge in [0, 0.05) is 10.4 Å². The third-order valence-electron chi connectivity index (χ3n) is 2.16. The predicted molar refractivity (Wildman–Crippen MR) is 73.5 cm³/mol. The quantitative estimate of drug-likeness (QED) is 0.851. The lowest BCUT2D eigenvalue weighted by Gasteiger charge is -2.08. The molecule has 2 rings (SSSR count). The first kappa shape index (κ1) is 14.0. The van der Waals surface area contributed by atoms with Crippen LogP contribution < -0.4 is 10.5 Å². The molecule has 2 aromatic rings. The summed E-state index contributed by atoms with van der Waals surface area (Å²) in [4.78, 5) is 3.33. The number of thiazole rings is 1. The van der Waals surface area contributed by atoms with E-state index in [4.69, 9.17) is 17.3 Å². The number of sulfonamides is 1. The van der Waals surface area contributed by atoms with Gasteiger partial charge in [0.2, 0.25) is 0 Å². The number of halogens is 2. The second-order valence-corrected chi connectivity index (χ2v) is 6.65. The van der Waals surface area contributed by atoms with Crippen LogP contribution in [0.25, 0.3) is 0 Å². The van der Waals surface area contributed by atoms with Gasteiger partial charge in [0.1, 0.15) is 4.90 Å². The number of hydrogen-bond donors (Lipinski definition) is 2. The van der Waals surface area contributed by atoms with E-state index in [1.54, 1.807) is 12.3 Å². The Balaban J connectivity index is 2.45. The number of nitrogens with one attached hydrogen (secondary N) is 1. The fourth-order valence-electron chi connectivity index (χ4n) is 1.35. The van der Waals surface area contributed by atoms with Crippen molar-refractivity contribution >= 4 is 43.8 Å². The molecule has 1 aromatic heterocycles. The normalized spacial score (nSPS) is 11.5. The summed E-state index contributed by atoms with van der Waals surface area (Å²) in [6, 6.07) is 2.14. The molecule has 5 nitrogen and oxygen atoms in total. The first-order valence-electron chi connectivity index (χ1n) is 4.99. The fraction of sp³-hybridized carbons (Fsp3) is 0.100. The summed E-state index contributed by atoms with van der Waals surface area (Å²) in [7, 11) is -4.12. The van der Waals surface area contributed by atoms with Gasteiger partial charge in [-0.3, -0.25) is 4.72 Å². The van der Waals surface area contributed by atoms with E-state index >= 15 is 0 Å². The molecule has 0 saturated heterocycles. The highest BCUT2D eigenvalue weighted by Crippen LogP contribution is 2.27. The van der Waals surface area contributed by atoms with Crippen molar-refractivity contribution in [2.24, 2.45) is 0 Å². The van der Waals surface area contributed by atoms with E-state index in [0.29, 0.717) is 5.69 Å². The minimum absolute atomic E-state index is 0.0367. The average molecular weight is 322 g/mol. The molecule has 1 heterocycles. The maximum Gasteiger partial charge on any atom is 0.266 e. The Morgan fingerprint density at radius 3 is 2.74 bits per heavy atom. The molecule has 0 saturated carbocycles. The third kappa shape index (κ3) is 2.96. The number of nitrogen functional groups attached to an aromatic ring is 1. The standard InChI is InChI=1S/C10H9ClFN3O2S2/c1-5-4-18-10(14-5)15-19(16,17)8-3-6(11)2-7(13)9(8)12/h2-4H,13H2,1H3,(H,14,15). The molecular formula is C10H9ClFN3O2S2. The number of nitrogens with zero attached hydrogens (tertiary/aromatic N) is 1. The summed E-state index contributed by atoms with van der Waals surface area (Å²) in [5, 5.41) is 1.85. The van der Waals surface area contributed by atoms with Crippen molar-refractivity contribution in [2.75, 3.05) is 10.5 Å². The Hall–Kier alpha value is -1.38. The highest BCUT2D eigenvalue weighted by Gasteiger charge is 2.23. The van der Waals surface area contributed by atoms with Crippen LogP contribution in [-0.2, 0) is 10.0 Å². The van der Waals surface area contributed by atoms with Crippen molar-refractivity contribution in [3.8, 4) is 0 Å². The van der Waals surface area contributed by atoms with Gasteiger partial charge in [-0.1, -0.05) is 11.6 Å². The minimum atomic E-state index is -4.12. The van der Waals surface area contributed by atoms with Crippen LogP contribution in [0.5, 0.6) is 0 Å². The lowest BCUT2D eigenvalue weighted by atomic mass is 10.3. The number of aromatic nitrogens is 1. The molecule has 3 N–H and O–H groups in total. The molecular weight excluding hydrogens is 313 g/mol. The van der Waals surface area contributed by atoms with Crippen molar-refractivity contribution in [1.29, 1.82) is 0 Å². The molecule has 0 aliphatic carbocycles. The molecule has 1 aromatic carbocycles. The van der Waals surface area contributed by atoms with Crippen LogP contribution in [-0.4, -0.2) is 13.4 Å². The Kier molecular flexibility index (Phi) is 3.66. The van der Waals surface area contributed by atoms with E-state index in [9.17, 15) is 12.8 Å². The van der Waals surface area contributed by atoms with Crippen LogP contribution in [0.1, 0.15) is 5.69 Å². The zero-order valence-corrected chi connectivity index (χ0v) is 12.0. The maximum absolute atomic E-state index is 13.8. The molecule has 0 atom stereocenters. The lowest BCUT2D eigenvalue weighted by Crippen LogP contribution is -2.15. The van der Waals surface area contributed by atoms with Crippen molar-refractivity contribution in [1.82, 2.24) is 4.98 Å². The average Bonchev–Trinajstić information content (AvgIpc) is 2.68. The number of benzene rings is 1. The maximum atomic E-state index is 13.8. The summed E-state index contributed by atoms with van der Waals surface area (Å²) >= 11 is 6.78. The number of anilines is 2. The largest absolute Gasteiger partial charge is 0.396 e. The molecule has 19 heavy (non-hydrogen) atoms. The van der Waals surface area contributed by atoms with Gasteiger partial charge in [-0.2, -0.15) is 0 Å². The Labute approximate surface area is 118 Å². The Morgan fingerprint density at radius 1 is 1.47 bits per heavy atom. The molecule has 0 fully saturated rings. The molecule has 9 heteroatoms. The van der Waals surface area contributed by atoms with E-state index < -0.39 is 20.7 Å². The highest BCUT2D eigenvalue weighted by molar-refractivity contribution is 7.93. The summed E-state index contributed by atoms with van der Waals surface area (Å²) in [5.41, 5.74) is 5.68. The second-order valence-electron chi connectivity index (χ2n) is 3.71. The summed E-state index contributed by atoms with van der Waals surface area (Å²) < 4.78 is 40.0. The summed E-state index contributed by atoms with van der Waals surface area (Å²) in [6.45, 7) is 1.71. The van der Waals surface area contributed by atoms with Gasteiger partial charge in [0.25, 0.3) is 10.0 Å². The number of nitrogens with two attached hydrogens (primary N) is 1. The molecule has 0 unspecified atom stereocenters. The van der Waals surface area contributed by atoms with Crippen molar-refractivity contribution in [2.45, 2.75) is 11.8 Å². The van der Waals surface area contributed by atoms with E-state index in [1.807, 2.05) is 0 Å². The van der Waals surface area contributed by atoms with Crippen LogP contribution in [0.15, 0.2) is 22.4 Å². The van der Waals surface area contributed by atoms with Crippen molar-refractivity contribution < 1.29 is 12.8 Å². The highest BCUT2D eigenvalue weighted by atomic mass is 35.5. The SMILES string of the molecule is Cc1csc(NS(=O)(=O)c2cc(Cl)cc(N)c2F)n1. The third-order valence-corrected chi connectivity index (χ3v) is 4.72. The van der Waals surface area contributed by atoms with E-state index in [2.05, 4.69) is 9.71 Å². The number of hydrogen-bond acceptors (Lipinski definition) is 5. The van der Waals surface area contributed by atoms with Crippen LogP contribution >= 0.6 is 22.9 Å². The molecule has 0 spiro atoms. The van der Waals surface area contributed by atoms with Gasteiger partial charge in [0.15, 0.2) is 10.9 Å². The summed E-state index contributed by atoms with van der Waals surface area (Å²) in [5.74, 6) is -1.04. The van der Waals surface area contributed by atoms with Crippen LogP contribution in [0.4, 0.5) is 15.2 Å². The zero-order valence-electron chi connectivity index (χ0n) is 9.65. The first-order valence-corrected chi connectivity index (χ1v) is 7.73. The van der Waals surface area contributed by atoms with Crippen molar-refractivity contribution in [3.05, 3.63) is 34.0 Å². The van der Waals surface area contributed by atoms with Crippen LogP contribution in [0, 0.1) is 12.7 Å². The number of aryl methyl sites for hydroxylation is 1. The molecule has 0 aliphatic heterocycles. The smallest absolute Gasteiger partial charge is 0.266 e. The first-order chi connectivity index (χ1) is 8.79. The zero-order chi connectivity index (χ0) is 14.2. The van der Waals surface area contributed by atoms with E-state index in [-0.39, 0.29) is 15.8 Å². The molecule has 102 valence electrons. The summed E-state index contributed by atoms with van der Waals surface area (Å²) in [6.07, 6.45) is 0. The van der Waals surface area contributed by atoms with Gasteiger partial charge in [-0.25, -0.2) is 17.8 Å². The van der Waals surface area contributed by atoms with Gasteiger partial charge in [0.05, 0.1) is 11.4 Å². The van der Waals surface area contributed by atoms with E-state index in [0.717, 1.165) is 23.5 Å². The monoisotopic (exact) mass is 321 g/mol. The predicted octanol–water partition coefficient (Wildman–Crippen LogP) is 2.63. The van der Waals surface area contributed by atoms with Gasteiger partial charge in [-0.05, 0) is 19.1 Å². The Morgan fingerprint density at radius 2 is 2.16 bits per heavy atom. The molecule has 0 amide bonds. The number of rotatable bonds is 3. The van der Waals surface area contributed by atoms with Gasteiger partial charge in [-0.15, -0.1) is 11.3 Å². The van der Waals surface area contributed by atoms with E-state index in [1.165, 1.54) is 0 Å². The van der Waals surface area contributed by atoms with Crippen LogP contribution in [0.3, 0.4) is 0 Å². The van der Waals surface area contributed by atoms with Crippen LogP contribution in [0.2, 0.25) is 5.02 Å². The molecule has 0 radical (unpaired) electrons. The van der Waals surface area contributed by atoms with Gasteiger partial charge < -0.3 is 5.73 Å². The second kappa shape index (κ2) is 4.95. The minimum Gasteiger partial charge on any atom is -0.396 e.